The summed E-state index contributed by atoms with van der Waals surface area (Å²) < 4.78 is 25.4. The molecule has 0 aliphatic carbocycles. The number of hydrogen-bond donors (Lipinski definition) is 2. The third kappa shape index (κ3) is 2.92. The molecule has 1 aliphatic heterocycles. The van der Waals surface area contributed by atoms with E-state index >= 15 is 0 Å². The molecule has 2 rings (SSSR count). The molecular weight excluding hydrogens is 294 g/mol. The number of carboxylic acid groups (broad SMARTS) is 1. The maximum atomic E-state index is 12.7. The number of amides is 1. The standard InChI is InChI=1S/C14H17NO5S/c1-9-10(14(17)18)5-4-7-11(9)21(19,20)12-6-2-3-8-15-13(12)16/h4-5,7,12H,2-3,6,8H2,1H3,(H,15,16)(H,17,18). The predicted molar refractivity (Wildman–Crippen MR) is 76.0 cm³/mol. The molecule has 1 fully saturated rings. The van der Waals surface area contributed by atoms with Crippen molar-refractivity contribution < 1.29 is 23.1 Å². The van der Waals surface area contributed by atoms with Crippen LogP contribution < -0.4 is 5.32 Å². The monoisotopic (exact) mass is 311 g/mol. The summed E-state index contributed by atoms with van der Waals surface area (Å²) in [7, 11) is -3.90. The van der Waals surface area contributed by atoms with Crippen molar-refractivity contribution in [3.8, 4) is 0 Å². The van der Waals surface area contributed by atoms with E-state index in [0.29, 0.717) is 13.0 Å². The zero-order chi connectivity index (χ0) is 15.6. The number of carboxylic acids is 1. The third-order valence-corrected chi connectivity index (χ3v) is 5.93. The molecule has 1 aliphatic rings. The smallest absolute Gasteiger partial charge is 0.335 e. The summed E-state index contributed by atoms with van der Waals surface area (Å²) >= 11 is 0. The van der Waals surface area contributed by atoms with E-state index in [0.717, 1.165) is 6.42 Å². The lowest BCUT2D eigenvalue weighted by molar-refractivity contribution is -0.120. The van der Waals surface area contributed by atoms with E-state index in [4.69, 9.17) is 5.11 Å². The first-order chi connectivity index (χ1) is 9.85. The van der Waals surface area contributed by atoms with Crippen molar-refractivity contribution in [2.75, 3.05) is 6.54 Å². The molecule has 1 heterocycles. The first-order valence-electron chi connectivity index (χ1n) is 6.70. The van der Waals surface area contributed by atoms with Gasteiger partial charge in [-0.05, 0) is 43.9 Å². The van der Waals surface area contributed by atoms with Crippen LogP contribution in [0.2, 0.25) is 0 Å². The van der Waals surface area contributed by atoms with Crippen LogP contribution in [-0.4, -0.2) is 37.2 Å². The number of carbonyl (C=O) groups is 2. The van der Waals surface area contributed by atoms with Gasteiger partial charge in [0.1, 0.15) is 5.25 Å². The van der Waals surface area contributed by atoms with E-state index in [1.165, 1.54) is 25.1 Å². The Hall–Kier alpha value is -1.89. The van der Waals surface area contributed by atoms with E-state index in [2.05, 4.69) is 5.32 Å². The average Bonchev–Trinajstić information content (AvgIpc) is 2.63. The van der Waals surface area contributed by atoms with Gasteiger partial charge in [0.05, 0.1) is 10.5 Å². The van der Waals surface area contributed by atoms with Crippen molar-refractivity contribution in [3.63, 3.8) is 0 Å². The van der Waals surface area contributed by atoms with Gasteiger partial charge in [-0.15, -0.1) is 0 Å². The fourth-order valence-electron chi connectivity index (χ4n) is 2.51. The molecule has 0 spiro atoms. The van der Waals surface area contributed by atoms with E-state index in [9.17, 15) is 18.0 Å². The second-order valence-corrected chi connectivity index (χ2v) is 7.15. The second-order valence-electron chi connectivity index (χ2n) is 5.05. The van der Waals surface area contributed by atoms with E-state index in [-0.39, 0.29) is 22.4 Å². The van der Waals surface area contributed by atoms with Crippen molar-refractivity contribution in [3.05, 3.63) is 29.3 Å². The summed E-state index contributed by atoms with van der Waals surface area (Å²) in [6.45, 7) is 1.92. The van der Waals surface area contributed by atoms with Crippen LogP contribution in [0.3, 0.4) is 0 Å². The zero-order valence-corrected chi connectivity index (χ0v) is 12.4. The van der Waals surface area contributed by atoms with Gasteiger partial charge in [0.15, 0.2) is 9.84 Å². The molecular formula is C14H17NO5S. The van der Waals surface area contributed by atoms with Crippen LogP contribution in [0, 0.1) is 6.92 Å². The lowest BCUT2D eigenvalue weighted by Crippen LogP contribution is -2.38. The van der Waals surface area contributed by atoms with E-state index in [1.54, 1.807) is 0 Å². The average molecular weight is 311 g/mol. The highest BCUT2D eigenvalue weighted by Gasteiger charge is 2.36. The molecule has 1 unspecified atom stereocenters. The highest BCUT2D eigenvalue weighted by molar-refractivity contribution is 7.92. The minimum atomic E-state index is -3.90. The van der Waals surface area contributed by atoms with Gasteiger partial charge >= 0.3 is 5.97 Å². The quantitative estimate of drug-likeness (QED) is 0.871. The topological polar surface area (TPSA) is 101 Å². The Kier molecular flexibility index (Phi) is 4.32. The SMILES string of the molecule is Cc1c(C(=O)O)cccc1S(=O)(=O)C1CCCCNC1=O. The molecule has 1 atom stereocenters. The van der Waals surface area contributed by atoms with Crippen LogP contribution in [-0.2, 0) is 14.6 Å². The zero-order valence-electron chi connectivity index (χ0n) is 11.6. The van der Waals surface area contributed by atoms with Crippen LogP contribution in [0.15, 0.2) is 23.1 Å². The van der Waals surface area contributed by atoms with Crippen LogP contribution >= 0.6 is 0 Å². The highest BCUT2D eigenvalue weighted by Crippen LogP contribution is 2.26. The van der Waals surface area contributed by atoms with Crippen LogP contribution in [0.5, 0.6) is 0 Å². The molecule has 0 aromatic heterocycles. The molecule has 1 amide bonds. The number of hydrogen-bond acceptors (Lipinski definition) is 4. The molecule has 2 N–H and O–H groups in total. The highest BCUT2D eigenvalue weighted by atomic mass is 32.2. The number of benzene rings is 1. The Morgan fingerprint density at radius 1 is 1.33 bits per heavy atom. The van der Waals surface area contributed by atoms with Crippen LogP contribution in [0.25, 0.3) is 0 Å². The molecule has 21 heavy (non-hydrogen) atoms. The first kappa shape index (κ1) is 15.5. The van der Waals surface area contributed by atoms with Crippen LogP contribution in [0.4, 0.5) is 0 Å². The molecule has 1 aromatic rings. The number of nitrogens with one attached hydrogen (secondary N) is 1. The number of rotatable bonds is 3. The fourth-order valence-corrected chi connectivity index (χ4v) is 4.47. The molecule has 114 valence electrons. The second kappa shape index (κ2) is 5.85. The van der Waals surface area contributed by atoms with E-state index < -0.39 is 27.0 Å². The van der Waals surface area contributed by atoms with Gasteiger partial charge in [-0.1, -0.05) is 6.07 Å². The van der Waals surface area contributed by atoms with Crippen molar-refractivity contribution in [1.82, 2.24) is 5.32 Å². The summed E-state index contributed by atoms with van der Waals surface area (Å²) in [5, 5.41) is 10.5. The van der Waals surface area contributed by atoms with Crippen LogP contribution in [0.1, 0.15) is 35.2 Å². The summed E-state index contributed by atoms with van der Waals surface area (Å²) in [6, 6.07) is 4.09. The van der Waals surface area contributed by atoms with E-state index in [1.807, 2.05) is 0 Å². The molecule has 7 heteroatoms. The molecule has 1 aromatic carbocycles. The Balaban J connectivity index is 2.51. The Morgan fingerprint density at radius 2 is 2.05 bits per heavy atom. The maximum Gasteiger partial charge on any atom is 0.335 e. The summed E-state index contributed by atoms with van der Waals surface area (Å²) in [6.07, 6.45) is 1.64. The molecule has 1 saturated heterocycles. The molecule has 0 saturated carbocycles. The van der Waals surface area contributed by atoms with Crippen molar-refractivity contribution in [2.24, 2.45) is 0 Å². The van der Waals surface area contributed by atoms with Crippen molar-refractivity contribution in [2.45, 2.75) is 36.3 Å². The molecule has 0 bridgehead atoms. The van der Waals surface area contributed by atoms with Gasteiger partial charge in [-0.2, -0.15) is 0 Å². The normalized spacial score (nSPS) is 19.7. The minimum absolute atomic E-state index is 0.0647. The number of carbonyl (C=O) groups excluding carboxylic acids is 1. The summed E-state index contributed by atoms with van der Waals surface area (Å²) in [5.41, 5.74) is 0.104. The number of aromatic carboxylic acids is 1. The van der Waals surface area contributed by atoms with Crippen molar-refractivity contribution in [1.29, 1.82) is 0 Å². The van der Waals surface area contributed by atoms with Gasteiger partial charge in [0.2, 0.25) is 5.91 Å². The van der Waals surface area contributed by atoms with Gasteiger partial charge in [0, 0.05) is 6.54 Å². The largest absolute Gasteiger partial charge is 0.478 e. The van der Waals surface area contributed by atoms with Gasteiger partial charge < -0.3 is 10.4 Å². The van der Waals surface area contributed by atoms with Gasteiger partial charge in [0.25, 0.3) is 0 Å². The summed E-state index contributed by atoms with van der Waals surface area (Å²) in [4.78, 5) is 23.0. The number of sulfone groups is 1. The first-order valence-corrected chi connectivity index (χ1v) is 8.25. The Morgan fingerprint density at radius 3 is 2.71 bits per heavy atom. The fraction of sp³-hybridized carbons (Fsp3) is 0.429. The van der Waals surface area contributed by atoms with Gasteiger partial charge in [-0.3, -0.25) is 4.79 Å². The Bertz CT molecular complexity index is 681. The minimum Gasteiger partial charge on any atom is -0.478 e. The lowest BCUT2D eigenvalue weighted by atomic mass is 10.1. The molecule has 0 radical (unpaired) electrons. The third-order valence-electron chi connectivity index (χ3n) is 3.68. The Labute approximate surface area is 123 Å². The molecule has 6 nitrogen and oxygen atoms in total. The maximum absolute atomic E-state index is 12.7. The van der Waals surface area contributed by atoms with Gasteiger partial charge in [-0.25, -0.2) is 13.2 Å². The predicted octanol–water partition coefficient (Wildman–Crippen LogP) is 1.14. The lowest BCUT2D eigenvalue weighted by Gasteiger charge is -2.16. The summed E-state index contributed by atoms with van der Waals surface area (Å²) in [5.74, 6) is -1.69. The van der Waals surface area contributed by atoms with Crippen molar-refractivity contribution >= 4 is 21.7 Å².